The first-order chi connectivity index (χ1) is 12.1. The number of carbonyl (C=O) groups is 1. The fourth-order valence-electron chi connectivity index (χ4n) is 3.68. The Balaban J connectivity index is 1.60. The number of hydrogen-bond acceptors (Lipinski definition) is 3. The van der Waals surface area contributed by atoms with Crippen LogP contribution in [0.3, 0.4) is 0 Å². The van der Waals surface area contributed by atoms with Crippen LogP contribution in [0.2, 0.25) is 0 Å². The SMILES string of the molecule is CN(CC(=O)N1CCC[C@@](C)(c2ccccc2)C1)Cc1ccccn1. The smallest absolute Gasteiger partial charge is 0.236 e. The van der Waals surface area contributed by atoms with Crippen LogP contribution < -0.4 is 0 Å². The number of carbonyl (C=O) groups excluding carboxylic acids is 1. The molecule has 0 bridgehead atoms. The Labute approximate surface area is 150 Å². The second-order valence-corrected chi connectivity index (χ2v) is 7.34. The van der Waals surface area contributed by atoms with E-state index in [1.54, 1.807) is 6.20 Å². The molecule has 0 N–H and O–H groups in total. The van der Waals surface area contributed by atoms with Gasteiger partial charge in [-0.3, -0.25) is 14.7 Å². The van der Waals surface area contributed by atoms with Gasteiger partial charge in [-0.25, -0.2) is 0 Å². The second-order valence-electron chi connectivity index (χ2n) is 7.34. The molecule has 0 aliphatic carbocycles. The van der Waals surface area contributed by atoms with Crippen LogP contribution in [-0.2, 0) is 16.8 Å². The van der Waals surface area contributed by atoms with Crippen molar-refractivity contribution in [3.05, 3.63) is 66.0 Å². The zero-order valence-electron chi connectivity index (χ0n) is 15.2. The molecule has 1 fully saturated rings. The summed E-state index contributed by atoms with van der Waals surface area (Å²) in [7, 11) is 1.98. The highest BCUT2D eigenvalue weighted by Crippen LogP contribution is 2.33. The summed E-state index contributed by atoms with van der Waals surface area (Å²) in [5, 5.41) is 0. The molecule has 0 spiro atoms. The number of hydrogen-bond donors (Lipinski definition) is 0. The Morgan fingerprint density at radius 1 is 1.20 bits per heavy atom. The fourth-order valence-corrected chi connectivity index (χ4v) is 3.68. The molecular formula is C21H27N3O. The minimum Gasteiger partial charge on any atom is -0.341 e. The Morgan fingerprint density at radius 2 is 1.96 bits per heavy atom. The Morgan fingerprint density at radius 3 is 2.68 bits per heavy atom. The van der Waals surface area contributed by atoms with Crippen molar-refractivity contribution >= 4 is 5.91 Å². The lowest BCUT2D eigenvalue weighted by molar-refractivity contribution is -0.134. The molecule has 2 heterocycles. The number of amides is 1. The summed E-state index contributed by atoms with van der Waals surface area (Å²) >= 11 is 0. The van der Waals surface area contributed by atoms with E-state index < -0.39 is 0 Å². The summed E-state index contributed by atoms with van der Waals surface area (Å²) in [6.45, 7) is 5.06. The predicted molar refractivity (Wildman–Crippen MR) is 100 cm³/mol. The van der Waals surface area contributed by atoms with Crippen molar-refractivity contribution < 1.29 is 4.79 Å². The molecule has 1 aliphatic rings. The van der Waals surface area contributed by atoms with Gasteiger partial charge >= 0.3 is 0 Å². The molecule has 4 heteroatoms. The van der Waals surface area contributed by atoms with Crippen LogP contribution >= 0.6 is 0 Å². The average Bonchev–Trinajstić information content (AvgIpc) is 2.63. The molecule has 1 aromatic heterocycles. The van der Waals surface area contributed by atoms with E-state index >= 15 is 0 Å². The third-order valence-corrected chi connectivity index (χ3v) is 5.08. The van der Waals surface area contributed by atoms with Gasteiger partial charge in [-0.1, -0.05) is 43.3 Å². The van der Waals surface area contributed by atoms with Gasteiger partial charge in [-0.2, -0.15) is 0 Å². The molecule has 1 saturated heterocycles. The van der Waals surface area contributed by atoms with Crippen LogP contribution in [0.5, 0.6) is 0 Å². The van der Waals surface area contributed by atoms with Crippen molar-refractivity contribution in [1.82, 2.24) is 14.8 Å². The maximum Gasteiger partial charge on any atom is 0.236 e. The third kappa shape index (κ3) is 4.45. The first kappa shape index (κ1) is 17.6. The van der Waals surface area contributed by atoms with Gasteiger partial charge in [0.05, 0.1) is 12.2 Å². The molecule has 1 aromatic carbocycles. The summed E-state index contributed by atoms with van der Waals surface area (Å²) in [5.41, 5.74) is 2.37. The fraction of sp³-hybridized carbons (Fsp3) is 0.429. The first-order valence-corrected chi connectivity index (χ1v) is 8.99. The number of pyridine rings is 1. The molecule has 132 valence electrons. The standard InChI is InChI=1S/C21H27N3O/c1-21(18-9-4-3-5-10-18)12-8-14-24(17-21)20(25)16-23(2)15-19-11-6-7-13-22-19/h3-7,9-11,13H,8,12,14-17H2,1-2H3/t21-/m1/s1. The van der Waals surface area contributed by atoms with Crippen LogP contribution in [0.25, 0.3) is 0 Å². The summed E-state index contributed by atoms with van der Waals surface area (Å²) < 4.78 is 0. The van der Waals surface area contributed by atoms with Gasteiger partial charge in [-0.05, 0) is 37.6 Å². The van der Waals surface area contributed by atoms with Crippen LogP contribution in [0, 0.1) is 0 Å². The summed E-state index contributed by atoms with van der Waals surface area (Å²) in [4.78, 5) is 21.2. The van der Waals surface area contributed by atoms with E-state index in [9.17, 15) is 4.79 Å². The number of benzene rings is 1. The molecule has 0 radical (unpaired) electrons. The number of piperidine rings is 1. The summed E-state index contributed by atoms with van der Waals surface area (Å²) in [6, 6.07) is 16.5. The van der Waals surface area contributed by atoms with Gasteiger partial charge in [-0.15, -0.1) is 0 Å². The molecule has 1 amide bonds. The molecular weight excluding hydrogens is 310 g/mol. The number of rotatable bonds is 5. The highest BCUT2D eigenvalue weighted by atomic mass is 16.2. The van der Waals surface area contributed by atoms with Crippen molar-refractivity contribution in [2.45, 2.75) is 31.7 Å². The zero-order chi connectivity index (χ0) is 17.7. The van der Waals surface area contributed by atoms with Crippen LogP contribution in [0.1, 0.15) is 31.0 Å². The van der Waals surface area contributed by atoms with Crippen LogP contribution in [-0.4, -0.2) is 47.4 Å². The Bertz CT molecular complexity index is 689. The van der Waals surface area contributed by atoms with Crippen LogP contribution in [0.15, 0.2) is 54.7 Å². The van der Waals surface area contributed by atoms with Crippen molar-refractivity contribution in [1.29, 1.82) is 0 Å². The number of aromatic nitrogens is 1. The van der Waals surface area contributed by atoms with E-state index in [-0.39, 0.29) is 11.3 Å². The minimum absolute atomic E-state index is 0.0503. The maximum absolute atomic E-state index is 12.8. The van der Waals surface area contributed by atoms with E-state index in [4.69, 9.17) is 0 Å². The molecule has 4 nitrogen and oxygen atoms in total. The van der Waals surface area contributed by atoms with Crippen molar-refractivity contribution in [3.63, 3.8) is 0 Å². The van der Waals surface area contributed by atoms with E-state index in [1.807, 2.05) is 41.1 Å². The topological polar surface area (TPSA) is 36.4 Å². The molecule has 25 heavy (non-hydrogen) atoms. The zero-order valence-corrected chi connectivity index (χ0v) is 15.2. The van der Waals surface area contributed by atoms with Crippen molar-refractivity contribution in [2.75, 3.05) is 26.7 Å². The minimum atomic E-state index is 0.0503. The molecule has 2 aromatic rings. The van der Waals surface area contributed by atoms with E-state index in [0.717, 1.165) is 31.6 Å². The van der Waals surface area contributed by atoms with Gasteiger partial charge in [0.1, 0.15) is 0 Å². The van der Waals surface area contributed by atoms with Gasteiger partial charge in [0.2, 0.25) is 5.91 Å². The average molecular weight is 337 g/mol. The van der Waals surface area contributed by atoms with Crippen molar-refractivity contribution in [3.8, 4) is 0 Å². The molecule has 3 rings (SSSR count). The van der Waals surface area contributed by atoms with E-state index in [0.29, 0.717) is 13.1 Å². The van der Waals surface area contributed by atoms with Gasteiger partial charge in [0.15, 0.2) is 0 Å². The first-order valence-electron chi connectivity index (χ1n) is 8.99. The lowest BCUT2D eigenvalue weighted by Crippen LogP contribution is -2.49. The highest BCUT2D eigenvalue weighted by Gasteiger charge is 2.34. The Kier molecular flexibility index (Phi) is 5.49. The molecule has 0 saturated carbocycles. The van der Waals surface area contributed by atoms with Gasteiger partial charge < -0.3 is 4.90 Å². The summed E-state index contributed by atoms with van der Waals surface area (Å²) in [5.74, 6) is 0.209. The summed E-state index contributed by atoms with van der Waals surface area (Å²) in [6.07, 6.45) is 3.98. The quantitative estimate of drug-likeness (QED) is 0.841. The molecule has 1 aliphatic heterocycles. The highest BCUT2D eigenvalue weighted by molar-refractivity contribution is 5.78. The van der Waals surface area contributed by atoms with Crippen molar-refractivity contribution in [2.24, 2.45) is 0 Å². The maximum atomic E-state index is 12.8. The normalized spacial score (nSPS) is 20.7. The van der Waals surface area contributed by atoms with Gasteiger partial charge in [0.25, 0.3) is 0 Å². The van der Waals surface area contributed by atoms with Gasteiger partial charge in [0, 0.05) is 31.2 Å². The van der Waals surface area contributed by atoms with E-state index in [2.05, 4.69) is 36.2 Å². The Hall–Kier alpha value is -2.20. The lowest BCUT2D eigenvalue weighted by Gasteiger charge is -2.41. The number of likely N-dealkylation sites (N-methyl/N-ethyl adjacent to an activating group) is 1. The number of likely N-dealkylation sites (tertiary alicyclic amines) is 1. The molecule has 0 unspecified atom stereocenters. The number of nitrogens with zero attached hydrogens (tertiary/aromatic N) is 3. The largest absolute Gasteiger partial charge is 0.341 e. The molecule has 1 atom stereocenters. The second kappa shape index (κ2) is 7.79. The lowest BCUT2D eigenvalue weighted by atomic mass is 9.76. The monoisotopic (exact) mass is 337 g/mol. The predicted octanol–water partition coefficient (Wildman–Crippen LogP) is 3.09. The van der Waals surface area contributed by atoms with E-state index in [1.165, 1.54) is 5.56 Å². The van der Waals surface area contributed by atoms with Crippen LogP contribution in [0.4, 0.5) is 0 Å². The third-order valence-electron chi connectivity index (χ3n) is 5.08.